The van der Waals surface area contributed by atoms with Gasteiger partial charge >= 0.3 is 0 Å². The maximum absolute atomic E-state index is 12.3. The minimum absolute atomic E-state index is 0.0400. The third kappa shape index (κ3) is 3.40. The molecule has 0 aromatic carbocycles. The van der Waals surface area contributed by atoms with Gasteiger partial charge in [-0.05, 0) is 26.0 Å². The summed E-state index contributed by atoms with van der Waals surface area (Å²) in [7, 11) is -3.77. The largest absolute Gasteiger partial charge is 0.380 e. The van der Waals surface area contributed by atoms with Gasteiger partial charge in [-0.15, -0.1) is 6.58 Å². The molecule has 7 nitrogen and oxygen atoms in total. The van der Waals surface area contributed by atoms with Crippen molar-refractivity contribution >= 4 is 21.5 Å². The Bertz CT molecular complexity index is 716. The molecule has 0 spiro atoms. The average Bonchev–Trinajstić information content (AvgIpc) is 2.77. The second kappa shape index (κ2) is 5.96. The van der Waals surface area contributed by atoms with Crippen molar-refractivity contribution < 1.29 is 12.9 Å². The summed E-state index contributed by atoms with van der Waals surface area (Å²) in [4.78, 5) is 4.09. The van der Waals surface area contributed by atoms with Crippen LogP contribution in [0.15, 0.2) is 40.4 Å². The molecule has 2 N–H and O–H groups in total. The number of nitrogens with one attached hydrogen (secondary N) is 2. The first-order valence-corrected chi connectivity index (χ1v) is 7.69. The van der Waals surface area contributed by atoms with Crippen molar-refractivity contribution in [3.63, 3.8) is 0 Å². The van der Waals surface area contributed by atoms with Gasteiger partial charge in [0.15, 0.2) is 10.7 Å². The van der Waals surface area contributed by atoms with Crippen molar-refractivity contribution in [1.82, 2.24) is 10.1 Å². The third-order valence-electron chi connectivity index (χ3n) is 2.69. The van der Waals surface area contributed by atoms with E-state index in [-0.39, 0.29) is 16.5 Å². The lowest BCUT2D eigenvalue weighted by molar-refractivity contribution is 0.390. The zero-order valence-corrected chi connectivity index (χ0v) is 12.6. The van der Waals surface area contributed by atoms with Gasteiger partial charge in [0.2, 0.25) is 0 Å². The number of pyridine rings is 1. The lowest BCUT2D eigenvalue weighted by Crippen LogP contribution is -2.15. The molecule has 0 aliphatic heterocycles. The van der Waals surface area contributed by atoms with Crippen LogP contribution in [0.2, 0.25) is 0 Å². The topological polar surface area (TPSA) is 97.1 Å². The Balaban J connectivity index is 2.19. The molecular formula is C13H16N4O3S. The Kier molecular flexibility index (Phi) is 4.27. The first kappa shape index (κ1) is 15.0. The van der Waals surface area contributed by atoms with Crippen LogP contribution in [0, 0.1) is 13.8 Å². The van der Waals surface area contributed by atoms with Crippen molar-refractivity contribution in [2.24, 2.45) is 0 Å². The monoisotopic (exact) mass is 308 g/mol. The van der Waals surface area contributed by atoms with E-state index in [1.807, 2.05) is 0 Å². The first-order valence-electron chi connectivity index (χ1n) is 6.20. The number of nitrogens with zero attached hydrogens (tertiary/aromatic N) is 2. The number of hydrogen-bond acceptors (Lipinski definition) is 6. The number of sulfonamides is 1. The molecule has 0 saturated carbocycles. The molecule has 21 heavy (non-hydrogen) atoms. The highest BCUT2D eigenvalue weighted by molar-refractivity contribution is 7.92. The standard InChI is InChI=1S/C13H16N4O3S/c1-4-7-14-11-5-6-12(15-8-11)17-21(18,19)13-9(2)16-20-10(13)3/h4-6,8,14H,1,7H2,2-3H3,(H,15,17). The quantitative estimate of drug-likeness (QED) is 0.793. The predicted molar refractivity (Wildman–Crippen MR) is 79.7 cm³/mol. The summed E-state index contributed by atoms with van der Waals surface area (Å²) in [6.07, 6.45) is 3.25. The van der Waals surface area contributed by atoms with Gasteiger partial charge in [0, 0.05) is 6.54 Å². The number of anilines is 2. The minimum Gasteiger partial charge on any atom is -0.380 e. The van der Waals surface area contributed by atoms with Gasteiger partial charge in [0.1, 0.15) is 11.5 Å². The van der Waals surface area contributed by atoms with E-state index < -0.39 is 10.0 Å². The Morgan fingerprint density at radius 3 is 2.67 bits per heavy atom. The summed E-state index contributed by atoms with van der Waals surface area (Å²) in [5, 5.41) is 6.69. The molecule has 0 fully saturated rings. The second-order valence-corrected chi connectivity index (χ2v) is 5.98. The summed E-state index contributed by atoms with van der Waals surface area (Å²) in [5.41, 5.74) is 1.08. The van der Waals surface area contributed by atoms with Crippen LogP contribution in [0.25, 0.3) is 0 Å². The van der Waals surface area contributed by atoms with E-state index in [4.69, 9.17) is 4.52 Å². The van der Waals surface area contributed by atoms with Crippen LogP contribution in [0.5, 0.6) is 0 Å². The Morgan fingerprint density at radius 2 is 2.14 bits per heavy atom. The summed E-state index contributed by atoms with van der Waals surface area (Å²) in [6.45, 7) is 7.32. The van der Waals surface area contributed by atoms with E-state index >= 15 is 0 Å². The van der Waals surface area contributed by atoms with Crippen molar-refractivity contribution in [2.75, 3.05) is 16.6 Å². The summed E-state index contributed by atoms with van der Waals surface area (Å²) in [6, 6.07) is 3.29. The number of aryl methyl sites for hydroxylation is 2. The Morgan fingerprint density at radius 1 is 1.38 bits per heavy atom. The number of rotatable bonds is 6. The molecule has 8 heteroatoms. The van der Waals surface area contributed by atoms with E-state index in [1.165, 1.54) is 6.20 Å². The number of hydrogen-bond donors (Lipinski definition) is 2. The van der Waals surface area contributed by atoms with E-state index in [0.29, 0.717) is 12.2 Å². The molecule has 2 rings (SSSR count). The van der Waals surface area contributed by atoms with Crippen LogP contribution in [0.3, 0.4) is 0 Å². The van der Waals surface area contributed by atoms with E-state index in [9.17, 15) is 8.42 Å². The lowest BCUT2D eigenvalue weighted by Gasteiger charge is -2.08. The predicted octanol–water partition coefficient (Wildman–Crippen LogP) is 2.09. The molecule has 0 saturated heterocycles. The van der Waals surface area contributed by atoms with Crippen LogP contribution in [-0.2, 0) is 10.0 Å². The van der Waals surface area contributed by atoms with Crippen LogP contribution >= 0.6 is 0 Å². The third-order valence-corrected chi connectivity index (χ3v) is 4.29. The van der Waals surface area contributed by atoms with Crippen molar-refractivity contribution in [3.8, 4) is 0 Å². The van der Waals surface area contributed by atoms with Gasteiger partial charge in [-0.25, -0.2) is 13.4 Å². The normalized spacial score (nSPS) is 11.1. The summed E-state index contributed by atoms with van der Waals surface area (Å²) < 4.78 is 31.8. The Hall–Kier alpha value is -2.35. The zero-order chi connectivity index (χ0) is 15.5. The van der Waals surface area contributed by atoms with Gasteiger partial charge < -0.3 is 9.84 Å². The molecule has 112 valence electrons. The highest BCUT2D eigenvalue weighted by Gasteiger charge is 2.24. The molecule has 0 aliphatic rings. The van der Waals surface area contributed by atoms with Crippen molar-refractivity contribution in [3.05, 3.63) is 42.4 Å². The van der Waals surface area contributed by atoms with Crippen LogP contribution in [0.1, 0.15) is 11.5 Å². The fraction of sp³-hybridized carbons (Fsp3) is 0.231. The van der Waals surface area contributed by atoms with Gasteiger partial charge in [-0.3, -0.25) is 4.72 Å². The highest BCUT2D eigenvalue weighted by Crippen LogP contribution is 2.21. The number of aromatic nitrogens is 2. The van der Waals surface area contributed by atoms with Crippen LogP contribution in [0.4, 0.5) is 11.5 Å². The van der Waals surface area contributed by atoms with Gasteiger partial charge in [-0.2, -0.15) is 0 Å². The van der Waals surface area contributed by atoms with E-state index in [0.717, 1.165) is 5.69 Å². The highest BCUT2D eigenvalue weighted by atomic mass is 32.2. The molecule has 2 aromatic heterocycles. The molecule has 0 bridgehead atoms. The second-order valence-electron chi connectivity index (χ2n) is 4.36. The fourth-order valence-corrected chi connectivity index (χ4v) is 3.14. The zero-order valence-electron chi connectivity index (χ0n) is 11.8. The molecule has 0 amide bonds. The fourth-order valence-electron chi connectivity index (χ4n) is 1.80. The lowest BCUT2D eigenvalue weighted by atomic mass is 10.4. The molecular weight excluding hydrogens is 292 g/mol. The van der Waals surface area contributed by atoms with Crippen molar-refractivity contribution in [1.29, 1.82) is 0 Å². The smallest absolute Gasteiger partial charge is 0.268 e. The SMILES string of the molecule is C=CCNc1ccc(NS(=O)(=O)c2c(C)noc2C)nc1. The summed E-state index contributed by atoms with van der Waals surface area (Å²) >= 11 is 0. The van der Waals surface area contributed by atoms with Gasteiger partial charge in [0.25, 0.3) is 10.0 Å². The van der Waals surface area contributed by atoms with E-state index in [2.05, 4.69) is 26.8 Å². The summed E-state index contributed by atoms with van der Waals surface area (Å²) in [5.74, 6) is 0.462. The van der Waals surface area contributed by atoms with Crippen LogP contribution < -0.4 is 10.0 Å². The van der Waals surface area contributed by atoms with Gasteiger partial charge in [-0.1, -0.05) is 11.2 Å². The molecule has 0 atom stereocenters. The average molecular weight is 308 g/mol. The molecule has 2 aromatic rings. The maximum Gasteiger partial charge on any atom is 0.268 e. The van der Waals surface area contributed by atoms with Gasteiger partial charge in [0.05, 0.1) is 11.9 Å². The molecule has 2 heterocycles. The Labute approximate surface area is 123 Å². The molecule has 0 unspecified atom stereocenters. The maximum atomic E-state index is 12.3. The van der Waals surface area contributed by atoms with E-state index in [1.54, 1.807) is 32.1 Å². The minimum atomic E-state index is -3.77. The van der Waals surface area contributed by atoms with Crippen molar-refractivity contribution in [2.45, 2.75) is 18.7 Å². The molecule has 0 radical (unpaired) electrons. The first-order chi connectivity index (χ1) is 9.94. The van der Waals surface area contributed by atoms with Crippen LogP contribution in [-0.4, -0.2) is 25.1 Å². The molecule has 0 aliphatic carbocycles.